The van der Waals surface area contributed by atoms with E-state index in [-0.39, 0.29) is 11.7 Å². The normalized spacial score (nSPS) is 11.2. The third-order valence-corrected chi connectivity index (χ3v) is 5.28. The molecule has 0 aliphatic carbocycles. The lowest BCUT2D eigenvalue weighted by Crippen LogP contribution is -2.15. The van der Waals surface area contributed by atoms with Crippen molar-refractivity contribution in [2.24, 2.45) is 0 Å². The number of hydrogen-bond acceptors (Lipinski definition) is 5. The van der Waals surface area contributed by atoms with Gasteiger partial charge in [-0.3, -0.25) is 4.79 Å². The lowest BCUT2D eigenvalue weighted by Gasteiger charge is -2.08. The zero-order valence-corrected chi connectivity index (χ0v) is 16.4. The average Bonchev–Trinajstić information content (AvgIpc) is 3.04. The number of rotatable bonds is 4. The molecule has 0 aliphatic heterocycles. The fourth-order valence-electron chi connectivity index (χ4n) is 2.64. The number of thioether (sulfide) groups is 1. The Morgan fingerprint density at radius 2 is 2.00 bits per heavy atom. The van der Waals surface area contributed by atoms with Crippen molar-refractivity contribution in [3.8, 4) is 0 Å². The molecule has 4 aromatic rings. The molecule has 0 aliphatic rings. The maximum absolute atomic E-state index is 12.3. The van der Waals surface area contributed by atoms with Gasteiger partial charge in [-0.05, 0) is 37.3 Å². The summed E-state index contributed by atoms with van der Waals surface area (Å²) in [4.78, 5) is 21.5. The molecule has 1 N–H and O–H groups in total. The first-order valence-corrected chi connectivity index (χ1v) is 9.75. The quantitative estimate of drug-likeness (QED) is 0.387. The summed E-state index contributed by atoms with van der Waals surface area (Å²) in [6.07, 6.45) is 0. The minimum Gasteiger partial charge on any atom is -0.324 e. The van der Waals surface area contributed by atoms with Gasteiger partial charge in [-0.1, -0.05) is 47.1 Å². The van der Waals surface area contributed by atoms with Gasteiger partial charge in [0.05, 0.1) is 22.0 Å². The van der Waals surface area contributed by atoms with Gasteiger partial charge in [-0.2, -0.15) is 4.52 Å². The van der Waals surface area contributed by atoms with Crippen molar-refractivity contribution in [2.45, 2.75) is 12.1 Å². The third kappa shape index (κ3) is 3.71. The number of amides is 1. The summed E-state index contributed by atoms with van der Waals surface area (Å²) in [5.41, 5.74) is 2.00. The van der Waals surface area contributed by atoms with E-state index >= 15 is 0 Å². The molecule has 0 saturated heterocycles. The molecule has 6 nitrogen and oxygen atoms in total. The van der Waals surface area contributed by atoms with Gasteiger partial charge >= 0.3 is 0 Å². The summed E-state index contributed by atoms with van der Waals surface area (Å²) in [7, 11) is 0. The number of aryl methyl sites for hydroxylation is 1. The topological polar surface area (TPSA) is 72.2 Å². The standard InChI is InChI=1S/C18H13Cl2N5OS/c1-10-21-17-12-4-2-3-5-14(12)23-18(25(17)24-10)27-9-16(26)22-15-8-11(19)6-7-13(15)20/h2-8H,9H2,1H3,(H,22,26). The number of anilines is 1. The van der Waals surface area contributed by atoms with E-state index in [9.17, 15) is 4.79 Å². The SMILES string of the molecule is Cc1nc2c3ccccc3nc(SCC(=O)Nc3cc(Cl)ccc3Cl)n2n1. The summed E-state index contributed by atoms with van der Waals surface area (Å²) in [5, 5.41) is 9.60. The summed E-state index contributed by atoms with van der Waals surface area (Å²) < 4.78 is 1.67. The summed E-state index contributed by atoms with van der Waals surface area (Å²) in [6.45, 7) is 1.82. The zero-order chi connectivity index (χ0) is 19.0. The average molecular weight is 418 g/mol. The lowest BCUT2D eigenvalue weighted by molar-refractivity contribution is -0.113. The van der Waals surface area contributed by atoms with Crippen molar-refractivity contribution in [3.63, 3.8) is 0 Å². The Hall–Kier alpha value is -2.35. The van der Waals surface area contributed by atoms with Gasteiger partial charge < -0.3 is 5.32 Å². The third-order valence-electron chi connectivity index (χ3n) is 3.79. The number of halogens is 2. The highest BCUT2D eigenvalue weighted by atomic mass is 35.5. The molecule has 136 valence electrons. The monoisotopic (exact) mass is 417 g/mol. The zero-order valence-electron chi connectivity index (χ0n) is 14.1. The van der Waals surface area contributed by atoms with E-state index in [2.05, 4.69) is 20.4 Å². The number of carbonyl (C=O) groups is 1. The van der Waals surface area contributed by atoms with Crippen LogP contribution in [0.2, 0.25) is 10.0 Å². The van der Waals surface area contributed by atoms with E-state index in [1.165, 1.54) is 11.8 Å². The molecule has 2 aromatic heterocycles. The van der Waals surface area contributed by atoms with Gasteiger partial charge in [0.1, 0.15) is 5.82 Å². The van der Waals surface area contributed by atoms with Crippen LogP contribution in [0.3, 0.4) is 0 Å². The second-order valence-corrected chi connectivity index (χ2v) is 7.55. The Morgan fingerprint density at radius 3 is 2.85 bits per heavy atom. The highest BCUT2D eigenvalue weighted by Crippen LogP contribution is 2.27. The van der Waals surface area contributed by atoms with Crippen LogP contribution in [0.1, 0.15) is 5.82 Å². The van der Waals surface area contributed by atoms with Gasteiger partial charge in [0.25, 0.3) is 0 Å². The molecule has 0 saturated carbocycles. The Morgan fingerprint density at radius 1 is 1.19 bits per heavy atom. The number of nitrogens with zero attached hydrogens (tertiary/aromatic N) is 4. The molecule has 0 fully saturated rings. The summed E-state index contributed by atoms with van der Waals surface area (Å²) in [5.74, 6) is 0.566. The number of aromatic nitrogens is 4. The minimum absolute atomic E-state index is 0.141. The number of nitrogens with one attached hydrogen (secondary N) is 1. The Kier molecular flexibility index (Phi) is 4.90. The van der Waals surface area contributed by atoms with Crippen molar-refractivity contribution in [1.29, 1.82) is 0 Å². The van der Waals surface area contributed by atoms with Gasteiger partial charge in [-0.25, -0.2) is 9.97 Å². The van der Waals surface area contributed by atoms with E-state index in [4.69, 9.17) is 23.2 Å². The van der Waals surface area contributed by atoms with Crippen LogP contribution in [0.15, 0.2) is 47.6 Å². The number of hydrogen-bond donors (Lipinski definition) is 1. The second-order valence-electron chi connectivity index (χ2n) is 5.77. The van der Waals surface area contributed by atoms with Crippen LogP contribution in [0.4, 0.5) is 5.69 Å². The molecule has 4 rings (SSSR count). The van der Waals surface area contributed by atoms with Crippen LogP contribution in [0, 0.1) is 6.92 Å². The van der Waals surface area contributed by atoms with Crippen molar-refractivity contribution < 1.29 is 4.79 Å². The Bertz CT molecular complexity index is 1180. The van der Waals surface area contributed by atoms with Gasteiger partial charge in [0, 0.05) is 10.4 Å². The van der Waals surface area contributed by atoms with Crippen LogP contribution in [-0.2, 0) is 4.79 Å². The predicted molar refractivity (Wildman–Crippen MR) is 109 cm³/mol. The van der Waals surface area contributed by atoms with Gasteiger partial charge in [0.2, 0.25) is 5.91 Å². The van der Waals surface area contributed by atoms with E-state index < -0.39 is 0 Å². The maximum atomic E-state index is 12.3. The lowest BCUT2D eigenvalue weighted by atomic mass is 10.2. The first-order chi connectivity index (χ1) is 13.0. The number of benzene rings is 2. The van der Waals surface area contributed by atoms with E-state index in [0.717, 1.165) is 16.6 Å². The first-order valence-electron chi connectivity index (χ1n) is 8.01. The van der Waals surface area contributed by atoms with Crippen LogP contribution < -0.4 is 5.32 Å². The molecule has 27 heavy (non-hydrogen) atoms. The molecule has 0 unspecified atom stereocenters. The first kappa shape index (κ1) is 18.0. The van der Waals surface area contributed by atoms with Crippen molar-refractivity contribution >= 4 is 63.1 Å². The van der Waals surface area contributed by atoms with Crippen LogP contribution in [0.25, 0.3) is 16.6 Å². The molecular weight excluding hydrogens is 405 g/mol. The molecule has 2 heterocycles. The van der Waals surface area contributed by atoms with Crippen LogP contribution in [0.5, 0.6) is 0 Å². The second kappa shape index (κ2) is 7.34. The smallest absolute Gasteiger partial charge is 0.234 e. The summed E-state index contributed by atoms with van der Waals surface area (Å²) in [6, 6.07) is 12.6. The van der Waals surface area contributed by atoms with Gasteiger partial charge in [0.15, 0.2) is 10.8 Å². The molecular formula is C18H13Cl2N5OS. The molecule has 0 radical (unpaired) electrons. The fraction of sp³-hybridized carbons (Fsp3) is 0.111. The largest absolute Gasteiger partial charge is 0.324 e. The number of para-hydroxylation sites is 1. The molecule has 0 spiro atoms. The van der Waals surface area contributed by atoms with E-state index in [1.807, 2.05) is 31.2 Å². The Labute approximate surface area is 168 Å². The molecule has 1 amide bonds. The van der Waals surface area contributed by atoms with Crippen LogP contribution in [-0.4, -0.2) is 31.2 Å². The van der Waals surface area contributed by atoms with Crippen LogP contribution >= 0.6 is 35.0 Å². The molecule has 0 atom stereocenters. The fourth-order valence-corrected chi connectivity index (χ4v) is 3.72. The highest BCUT2D eigenvalue weighted by Gasteiger charge is 2.14. The Balaban J connectivity index is 1.59. The maximum Gasteiger partial charge on any atom is 0.234 e. The predicted octanol–water partition coefficient (Wildman–Crippen LogP) is 4.62. The molecule has 2 aromatic carbocycles. The van der Waals surface area contributed by atoms with Crippen molar-refractivity contribution in [2.75, 3.05) is 11.1 Å². The highest BCUT2D eigenvalue weighted by molar-refractivity contribution is 7.99. The van der Waals surface area contributed by atoms with E-state index in [1.54, 1.807) is 22.7 Å². The van der Waals surface area contributed by atoms with E-state index in [0.29, 0.717) is 26.7 Å². The minimum atomic E-state index is -0.218. The molecule has 0 bridgehead atoms. The summed E-state index contributed by atoms with van der Waals surface area (Å²) >= 11 is 13.3. The number of fused-ring (bicyclic) bond motifs is 3. The molecule has 9 heteroatoms. The van der Waals surface area contributed by atoms with Crippen molar-refractivity contribution in [1.82, 2.24) is 19.6 Å². The van der Waals surface area contributed by atoms with Gasteiger partial charge in [-0.15, -0.1) is 5.10 Å². The van der Waals surface area contributed by atoms with Crippen molar-refractivity contribution in [3.05, 3.63) is 58.3 Å². The number of carbonyl (C=O) groups excluding carboxylic acids is 1.